The number of hydrogen-bond donors (Lipinski definition) is 2. The number of nitrogens with zero attached hydrogens (tertiary/aromatic N) is 2. The van der Waals surface area contributed by atoms with Crippen molar-refractivity contribution in [3.63, 3.8) is 0 Å². The molecule has 1 aliphatic heterocycles. The molecule has 0 saturated heterocycles. The molecule has 0 bridgehead atoms. The predicted octanol–water partition coefficient (Wildman–Crippen LogP) is 2.51. The fraction of sp³-hybridized carbons (Fsp3) is 0.0833. The van der Waals surface area contributed by atoms with Crippen LogP contribution < -0.4 is 11.1 Å². The lowest BCUT2D eigenvalue weighted by Gasteiger charge is -2.19. The number of rotatable bonds is 2. The summed E-state index contributed by atoms with van der Waals surface area (Å²) in [5.74, 6) is 0.794. The average Bonchev–Trinajstić information content (AvgIpc) is 2.35. The molecule has 2 aromatic rings. The highest BCUT2D eigenvalue weighted by Gasteiger charge is 2.17. The van der Waals surface area contributed by atoms with Crippen molar-refractivity contribution in [2.24, 2.45) is 5.73 Å². The van der Waals surface area contributed by atoms with Gasteiger partial charge in [0.05, 0.1) is 10.7 Å². The molecule has 0 fully saturated rings. The highest BCUT2D eigenvalue weighted by atomic mass is 32.2. The molecular weight excluding hydrogens is 264 g/mol. The van der Waals surface area contributed by atoms with Gasteiger partial charge >= 0.3 is 0 Å². The topological polar surface area (TPSA) is 63.8 Å². The van der Waals surface area contributed by atoms with Gasteiger partial charge in [0.15, 0.2) is 5.82 Å². The van der Waals surface area contributed by atoms with Crippen LogP contribution in [0, 0.1) is 0 Å². The zero-order valence-corrected chi connectivity index (χ0v) is 11.0. The Kier molecular flexibility index (Phi) is 2.89. The molecule has 3 rings (SSSR count). The van der Waals surface area contributed by atoms with Crippen molar-refractivity contribution in [1.82, 2.24) is 9.97 Å². The number of benzene rings is 1. The van der Waals surface area contributed by atoms with E-state index in [0.717, 1.165) is 27.0 Å². The third-order valence-corrected chi connectivity index (χ3v) is 3.76. The van der Waals surface area contributed by atoms with Crippen LogP contribution in [0.2, 0.25) is 0 Å². The van der Waals surface area contributed by atoms with Crippen molar-refractivity contribution in [2.45, 2.75) is 16.3 Å². The van der Waals surface area contributed by atoms with E-state index >= 15 is 0 Å². The normalized spacial score (nSPS) is 12.2. The van der Waals surface area contributed by atoms with Crippen LogP contribution in [-0.4, -0.2) is 15.0 Å². The first-order valence-corrected chi connectivity index (χ1v) is 6.62. The maximum Gasteiger partial charge on any atom is 0.163 e. The molecule has 0 atom stereocenters. The van der Waals surface area contributed by atoms with Crippen molar-refractivity contribution < 1.29 is 0 Å². The van der Waals surface area contributed by atoms with Crippen LogP contribution in [0.4, 0.5) is 11.5 Å². The minimum absolute atomic E-state index is 0.499. The van der Waals surface area contributed by atoms with Crippen molar-refractivity contribution in [3.8, 4) is 0 Å². The molecule has 18 heavy (non-hydrogen) atoms. The summed E-state index contributed by atoms with van der Waals surface area (Å²) in [6.45, 7) is 0. The third-order valence-electron chi connectivity index (χ3n) is 2.55. The molecule has 0 unspecified atom stereocenters. The maximum absolute atomic E-state index is 5.56. The zero-order chi connectivity index (χ0) is 12.5. The molecule has 6 heteroatoms. The van der Waals surface area contributed by atoms with Gasteiger partial charge in [-0.1, -0.05) is 30.0 Å². The molecule has 4 nitrogen and oxygen atoms in total. The second kappa shape index (κ2) is 4.55. The molecule has 2 heterocycles. The number of fused-ring (bicyclic) bond motifs is 2. The van der Waals surface area contributed by atoms with Gasteiger partial charge in [-0.15, -0.1) is 0 Å². The summed E-state index contributed by atoms with van der Waals surface area (Å²) in [7, 11) is 0. The summed E-state index contributed by atoms with van der Waals surface area (Å²) in [5, 5.41) is 4.17. The second-order valence-electron chi connectivity index (χ2n) is 3.91. The SMILES string of the molecule is NC(=S)Cc1ccc2c(c1)Nc1nccnc1S2. The first-order chi connectivity index (χ1) is 8.72. The summed E-state index contributed by atoms with van der Waals surface area (Å²) in [5.41, 5.74) is 7.69. The van der Waals surface area contributed by atoms with Gasteiger partial charge in [0, 0.05) is 23.7 Å². The van der Waals surface area contributed by atoms with Gasteiger partial charge < -0.3 is 11.1 Å². The van der Waals surface area contributed by atoms with E-state index in [1.807, 2.05) is 6.07 Å². The summed E-state index contributed by atoms with van der Waals surface area (Å²) in [4.78, 5) is 10.2. The van der Waals surface area contributed by atoms with Gasteiger partial charge in [-0.25, -0.2) is 9.97 Å². The Balaban J connectivity index is 1.96. The van der Waals surface area contributed by atoms with E-state index in [1.165, 1.54) is 0 Å². The molecule has 1 aliphatic rings. The summed E-state index contributed by atoms with van der Waals surface area (Å²) < 4.78 is 0. The first-order valence-electron chi connectivity index (χ1n) is 5.39. The van der Waals surface area contributed by atoms with Crippen LogP contribution in [0.3, 0.4) is 0 Å². The van der Waals surface area contributed by atoms with E-state index in [0.29, 0.717) is 11.4 Å². The molecule has 1 aromatic carbocycles. The Bertz CT molecular complexity index is 627. The van der Waals surface area contributed by atoms with Crippen molar-refractivity contribution in [2.75, 3.05) is 5.32 Å². The monoisotopic (exact) mass is 274 g/mol. The van der Waals surface area contributed by atoms with Gasteiger partial charge in [0.25, 0.3) is 0 Å². The maximum atomic E-state index is 5.56. The predicted molar refractivity (Wildman–Crippen MR) is 76.4 cm³/mol. The largest absolute Gasteiger partial charge is 0.393 e. The van der Waals surface area contributed by atoms with E-state index in [2.05, 4.69) is 27.4 Å². The fourth-order valence-corrected chi connectivity index (χ4v) is 2.84. The van der Waals surface area contributed by atoms with Crippen LogP contribution >= 0.6 is 24.0 Å². The minimum atomic E-state index is 0.499. The van der Waals surface area contributed by atoms with Crippen molar-refractivity contribution in [1.29, 1.82) is 0 Å². The zero-order valence-electron chi connectivity index (χ0n) is 9.38. The number of aromatic nitrogens is 2. The van der Waals surface area contributed by atoms with Crippen molar-refractivity contribution in [3.05, 3.63) is 36.2 Å². The van der Waals surface area contributed by atoms with Gasteiger partial charge in [-0.05, 0) is 17.7 Å². The number of thiocarbonyl (C=S) groups is 1. The number of nitrogens with one attached hydrogen (secondary N) is 1. The highest BCUT2D eigenvalue weighted by Crippen LogP contribution is 2.41. The Morgan fingerprint density at radius 2 is 2.17 bits per heavy atom. The summed E-state index contributed by atoms with van der Waals surface area (Å²) in [6.07, 6.45) is 3.98. The van der Waals surface area contributed by atoms with Crippen molar-refractivity contribution >= 4 is 40.5 Å². The summed E-state index contributed by atoms with van der Waals surface area (Å²) >= 11 is 6.53. The Morgan fingerprint density at radius 3 is 3.00 bits per heavy atom. The number of anilines is 2. The van der Waals surface area contributed by atoms with Gasteiger partial charge in [-0.2, -0.15) is 0 Å². The van der Waals surface area contributed by atoms with Crippen LogP contribution in [0.5, 0.6) is 0 Å². The molecular formula is C12H10N4S2. The Hall–Kier alpha value is -1.66. The lowest BCUT2D eigenvalue weighted by molar-refractivity contribution is 1.05. The van der Waals surface area contributed by atoms with E-state index in [9.17, 15) is 0 Å². The molecule has 3 N–H and O–H groups in total. The lowest BCUT2D eigenvalue weighted by atomic mass is 10.1. The molecule has 0 radical (unpaired) electrons. The second-order valence-corrected chi connectivity index (χ2v) is 5.47. The molecule has 90 valence electrons. The van der Waals surface area contributed by atoms with Gasteiger partial charge in [0.1, 0.15) is 5.03 Å². The lowest BCUT2D eigenvalue weighted by Crippen LogP contribution is -2.11. The quantitative estimate of drug-likeness (QED) is 0.700. The highest BCUT2D eigenvalue weighted by molar-refractivity contribution is 7.99. The molecule has 0 aliphatic carbocycles. The van der Waals surface area contributed by atoms with E-state index in [-0.39, 0.29) is 0 Å². The van der Waals surface area contributed by atoms with Gasteiger partial charge in [0.2, 0.25) is 0 Å². The molecule has 0 amide bonds. The third kappa shape index (κ3) is 2.16. The molecule has 0 saturated carbocycles. The smallest absolute Gasteiger partial charge is 0.163 e. The van der Waals surface area contributed by atoms with Crippen LogP contribution in [-0.2, 0) is 6.42 Å². The van der Waals surface area contributed by atoms with Crippen LogP contribution in [0.1, 0.15) is 5.56 Å². The van der Waals surface area contributed by atoms with E-state index < -0.39 is 0 Å². The first kappa shape index (κ1) is 11.4. The minimum Gasteiger partial charge on any atom is -0.393 e. The average molecular weight is 274 g/mol. The van der Waals surface area contributed by atoms with E-state index in [4.69, 9.17) is 18.0 Å². The molecule has 0 spiro atoms. The van der Waals surface area contributed by atoms with Crippen LogP contribution in [0.15, 0.2) is 40.5 Å². The number of nitrogens with two attached hydrogens (primary N) is 1. The standard InChI is InChI=1S/C12H10N4S2/c13-10(17)6-7-1-2-9-8(5-7)16-11-12(18-9)15-4-3-14-11/h1-5H,6H2,(H2,13,17)(H,14,16). The molecule has 1 aromatic heterocycles. The number of hydrogen-bond acceptors (Lipinski definition) is 5. The Labute approximate surface area is 114 Å². The fourth-order valence-electron chi connectivity index (χ4n) is 1.79. The van der Waals surface area contributed by atoms with Crippen LogP contribution in [0.25, 0.3) is 0 Å². The summed E-state index contributed by atoms with van der Waals surface area (Å²) in [6, 6.07) is 6.14. The van der Waals surface area contributed by atoms with E-state index in [1.54, 1.807) is 24.2 Å². The van der Waals surface area contributed by atoms with Gasteiger partial charge in [-0.3, -0.25) is 0 Å². The Morgan fingerprint density at radius 1 is 1.33 bits per heavy atom.